The van der Waals surface area contributed by atoms with E-state index >= 15 is 0 Å². The number of alkyl carbamates (subject to hydrolysis) is 2. The predicted molar refractivity (Wildman–Crippen MR) is 225 cm³/mol. The van der Waals surface area contributed by atoms with E-state index in [0.717, 1.165) is 22.4 Å². The number of aliphatic hydroxyl groups is 1. The third-order valence-electron chi connectivity index (χ3n) is 9.99. The summed E-state index contributed by atoms with van der Waals surface area (Å²) in [5.74, 6) is -1.70. The fraction of sp³-hybridized carbons (Fsp3) is 0.511. The molecule has 0 aliphatic rings. The van der Waals surface area contributed by atoms with Crippen LogP contribution in [0.3, 0.4) is 0 Å². The number of ether oxygens (including phenoxy) is 3. The molecular formula is C45H63N5O9. The summed E-state index contributed by atoms with van der Waals surface area (Å²) in [6.07, 6.45) is -1.57. The van der Waals surface area contributed by atoms with Crippen LogP contribution in [-0.4, -0.2) is 89.1 Å². The van der Waals surface area contributed by atoms with Crippen LogP contribution in [0, 0.1) is 10.8 Å². The van der Waals surface area contributed by atoms with E-state index in [1.807, 2.05) is 93.6 Å². The van der Waals surface area contributed by atoms with Crippen LogP contribution in [0.2, 0.25) is 0 Å². The minimum Gasteiger partial charge on any atom is -0.462 e. The van der Waals surface area contributed by atoms with Crippen LogP contribution in [0.15, 0.2) is 79.0 Å². The van der Waals surface area contributed by atoms with Crippen molar-refractivity contribution in [3.63, 3.8) is 0 Å². The molecule has 2 unspecified atom stereocenters. The van der Waals surface area contributed by atoms with E-state index in [4.69, 9.17) is 14.2 Å². The molecule has 3 rings (SSSR count). The van der Waals surface area contributed by atoms with Gasteiger partial charge in [-0.1, -0.05) is 95.3 Å². The number of carbonyl (C=O) groups is 5. The van der Waals surface area contributed by atoms with Crippen LogP contribution in [0.5, 0.6) is 0 Å². The largest absolute Gasteiger partial charge is 0.462 e. The second-order valence-electron chi connectivity index (χ2n) is 17.5. The molecule has 6 atom stereocenters. The van der Waals surface area contributed by atoms with E-state index in [2.05, 4.69) is 26.3 Å². The topological polar surface area (TPSA) is 194 Å². The van der Waals surface area contributed by atoms with E-state index in [0.29, 0.717) is 0 Å². The first-order valence-electron chi connectivity index (χ1n) is 19.8. The number of esters is 1. The normalized spacial score (nSPS) is 14.9. The lowest BCUT2D eigenvalue weighted by Crippen LogP contribution is -2.61. The molecule has 0 saturated heterocycles. The Bertz CT molecular complexity index is 1840. The molecule has 0 fully saturated rings. The predicted octanol–water partition coefficient (Wildman–Crippen LogP) is 5.90. The van der Waals surface area contributed by atoms with Gasteiger partial charge in [0.1, 0.15) is 23.8 Å². The number of benzene rings is 2. The third kappa shape index (κ3) is 15.3. The Labute approximate surface area is 348 Å². The van der Waals surface area contributed by atoms with Gasteiger partial charge in [-0.05, 0) is 75.6 Å². The zero-order valence-electron chi connectivity index (χ0n) is 36.3. The lowest BCUT2D eigenvalue weighted by Gasteiger charge is -2.39. The average Bonchev–Trinajstić information content (AvgIpc) is 3.15. The van der Waals surface area contributed by atoms with Crippen molar-refractivity contribution >= 4 is 30.0 Å². The molecule has 14 heteroatoms. The number of aromatic nitrogens is 1. The van der Waals surface area contributed by atoms with Crippen molar-refractivity contribution in [3.8, 4) is 11.3 Å². The van der Waals surface area contributed by atoms with Gasteiger partial charge in [0.25, 0.3) is 0 Å². The third-order valence-corrected chi connectivity index (χ3v) is 9.99. The molecule has 14 nitrogen and oxygen atoms in total. The zero-order chi connectivity index (χ0) is 44.1. The highest BCUT2D eigenvalue weighted by atomic mass is 16.6. The van der Waals surface area contributed by atoms with Crippen molar-refractivity contribution in [2.24, 2.45) is 10.8 Å². The van der Waals surface area contributed by atoms with Gasteiger partial charge in [-0.15, -0.1) is 0 Å². The van der Waals surface area contributed by atoms with Crippen LogP contribution in [0.4, 0.5) is 9.59 Å². The number of amides is 4. The molecule has 3 aromatic rings. The van der Waals surface area contributed by atoms with Gasteiger partial charge in [0.15, 0.2) is 0 Å². The Hall–Kier alpha value is -5.50. The number of methoxy groups -OCH3 is 1. The molecule has 2 aromatic carbocycles. The minimum absolute atomic E-state index is 0.0298. The van der Waals surface area contributed by atoms with Gasteiger partial charge in [0.2, 0.25) is 11.8 Å². The van der Waals surface area contributed by atoms with E-state index < -0.39 is 82.8 Å². The van der Waals surface area contributed by atoms with Crippen LogP contribution in [-0.2, 0) is 41.4 Å². The highest BCUT2D eigenvalue weighted by Gasteiger charge is 2.44. The lowest BCUT2D eigenvalue weighted by atomic mass is 9.78. The fourth-order valence-corrected chi connectivity index (χ4v) is 6.48. The van der Waals surface area contributed by atoms with Crippen LogP contribution in [0.25, 0.3) is 11.3 Å². The highest BCUT2D eigenvalue weighted by Crippen LogP contribution is 2.30. The van der Waals surface area contributed by atoms with E-state index in [-0.39, 0.29) is 19.3 Å². The molecule has 1 heterocycles. The first kappa shape index (κ1) is 47.9. The molecule has 322 valence electrons. The standard InChI is InChI=1S/C45H63N5O9/c1-28(58-29(2)51)45(9,10)38(50-42(56)59-44(6,7)8)40(54)48-35(26-30-17-13-12-14-18-30)36(52)27-33(47-39(53)37(43(3,4)5)49-41(55)57-11)25-31-20-22-32(23-21-31)34-19-15-16-24-46-34/h12-24,28,33,35-38,52H,25-27H2,1-11H3,(H,47,53)(H,48,54)(H,49,55)(H,50,56)/t28?,33-,35-,36-,37+,38?/m0/s1. The molecule has 0 spiro atoms. The summed E-state index contributed by atoms with van der Waals surface area (Å²) in [5, 5.41) is 23.5. The highest BCUT2D eigenvalue weighted by molar-refractivity contribution is 5.87. The van der Waals surface area contributed by atoms with Gasteiger partial charge in [0, 0.05) is 30.1 Å². The van der Waals surface area contributed by atoms with Gasteiger partial charge in [-0.3, -0.25) is 19.4 Å². The zero-order valence-corrected chi connectivity index (χ0v) is 36.3. The summed E-state index contributed by atoms with van der Waals surface area (Å²) in [5.41, 5.74) is 0.591. The molecule has 0 saturated carbocycles. The fourth-order valence-electron chi connectivity index (χ4n) is 6.48. The van der Waals surface area contributed by atoms with Crippen LogP contribution in [0.1, 0.15) is 86.8 Å². The Morgan fingerprint density at radius 2 is 1.29 bits per heavy atom. The molecular weight excluding hydrogens is 755 g/mol. The summed E-state index contributed by atoms with van der Waals surface area (Å²) in [7, 11) is 1.22. The van der Waals surface area contributed by atoms with Crippen molar-refractivity contribution in [1.29, 1.82) is 0 Å². The summed E-state index contributed by atoms with van der Waals surface area (Å²) in [4.78, 5) is 70.4. The summed E-state index contributed by atoms with van der Waals surface area (Å²) in [6, 6.07) is 18.7. The summed E-state index contributed by atoms with van der Waals surface area (Å²) in [6.45, 7) is 16.8. The molecule has 5 N–H and O–H groups in total. The van der Waals surface area contributed by atoms with E-state index in [9.17, 15) is 29.1 Å². The van der Waals surface area contributed by atoms with Crippen molar-refractivity contribution in [2.45, 2.75) is 130 Å². The number of rotatable bonds is 17. The maximum Gasteiger partial charge on any atom is 0.408 e. The molecule has 1 aromatic heterocycles. The maximum absolute atomic E-state index is 14.5. The van der Waals surface area contributed by atoms with Gasteiger partial charge < -0.3 is 40.6 Å². The van der Waals surface area contributed by atoms with Gasteiger partial charge >= 0.3 is 18.2 Å². The quantitative estimate of drug-likeness (QED) is 0.0810. The molecule has 0 radical (unpaired) electrons. The minimum atomic E-state index is -1.29. The Morgan fingerprint density at radius 3 is 1.83 bits per heavy atom. The molecule has 0 aliphatic carbocycles. The van der Waals surface area contributed by atoms with Crippen molar-refractivity contribution in [3.05, 3.63) is 90.1 Å². The summed E-state index contributed by atoms with van der Waals surface area (Å²) < 4.78 is 15.8. The molecule has 0 bridgehead atoms. The van der Waals surface area contributed by atoms with E-state index in [1.54, 1.807) is 47.7 Å². The first-order valence-corrected chi connectivity index (χ1v) is 19.8. The SMILES string of the molecule is COC(=O)N[C@H](C(=O)N[C@@H](Cc1ccc(-c2ccccn2)cc1)C[C@H](O)[C@H](Cc1ccccc1)NC(=O)C(NC(=O)OC(C)(C)C)C(C)(C)C(C)OC(C)=O)C(C)(C)C. The molecule has 59 heavy (non-hydrogen) atoms. The number of hydrogen-bond donors (Lipinski definition) is 5. The van der Waals surface area contributed by atoms with Gasteiger partial charge in [0.05, 0.1) is 24.9 Å². The van der Waals surface area contributed by atoms with Gasteiger partial charge in [-0.2, -0.15) is 0 Å². The Morgan fingerprint density at radius 1 is 0.712 bits per heavy atom. The maximum atomic E-state index is 14.5. The average molecular weight is 818 g/mol. The Kier molecular flexibility index (Phi) is 17.0. The van der Waals surface area contributed by atoms with Gasteiger partial charge in [-0.25, -0.2) is 9.59 Å². The van der Waals surface area contributed by atoms with Crippen molar-refractivity contribution < 1.29 is 43.3 Å². The van der Waals surface area contributed by atoms with E-state index in [1.165, 1.54) is 14.0 Å². The summed E-state index contributed by atoms with van der Waals surface area (Å²) >= 11 is 0. The monoisotopic (exact) mass is 817 g/mol. The number of aliphatic hydroxyl groups excluding tert-OH is 1. The van der Waals surface area contributed by atoms with Crippen LogP contribution < -0.4 is 21.3 Å². The molecule has 4 amide bonds. The number of nitrogens with one attached hydrogen (secondary N) is 4. The number of pyridine rings is 1. The van der Waals surface area contributed by atoms with Crippen molar-refractivity contribution in [2.75, 3.05) is 7.11 Å². The lowest BCUT2D eigenvalue weighted by molar-refractivity contribution is -0.154. The van der Waals surface area contributed by atoms with Crippen molar-refractivity contribution in [1.82, 2.24) is 26.3 Å². The second kappa shape index (κ2) is 21.0. The van der Waals surface area contributed by atoms with Crippen LogP contribution >= 0.6 is 0 Å². The number of nitrogens with zero attached hydrogens (tertiary/aromatic N) is 1. The Balaban J connectivity index is 2.03. The number of carbonyl (C=O) groups excluding carboxylic acids is 5. The first-order chi connectivity index (χ1) is 27.5. The number of hydrogen-bond acceptors (Lipinski definition) is 10. The second-order valence-corrected chi connectivity index (χ2v) is 17.5. The smallest absolute Gasteiger partial charge is 0.408 e. The molecule has 0 aliphatic heterocycles.